The molecule has 22 heavy (non-hydrogen) atoms. The summed E-state index contributed by atoms with van der Waals surface area (Å²) in [5, 5.41) is 0. The van der Waals surface area contributed by atoms with Gasteiger partial charge in [0.2, 0.25) is 0 Å². The maximum absolute atomic E-state index is 12.2. The summed E-state index contributed by atoms with van der Waals surface area (Å²) in [6.45, 7) is 3.93. The summed E-state index contributed by atoms with van der Waals surface area (Å²) in [5.41, 5.74) is 0.582. The van der Waals surface area contributed by atoms with Crippen molar-refractivity contribution in [3.05, 3.63) is 11.6 Å². The number of hydrogen-bond acceptors (Lipinski definition) is 6. The van der Waals surface area contributed by atoms with Crippen LogP contribution in [0.2, 0.25) is 0 Å². The maximum atomic E-state index is 12.2. The van der Waals surface area contributed by atoms with Crippen LogP contribution in [0, 0.1) is 5.92 Å². The van der Waals surface area contributed by atoms with Crippen LogP contribution in [0.3, 0.4) is 0 Å². The lowest BCUT2D eigenvalue weighted by atomic mass is 9.84. The van der Waals surface area contributed by atoms with Crippen LogP contribution >= 0.6 is 0 Å². The number of esters is 2. The van der Waals surface area contributed by atoms with Gasteiger partial charge in [-0.1, -0.05) is 0 Å². The Balaban J connectivity index is 2.33. The Morgan fingerprint density at radius 1 is 1.18 bits per heavy atom. The molecule has 0 aromatic rings. The van der Waals surface area contributed by atoms with Crippen LogP contribution in [0.4, 0.5) is 4.79 Å². The zero-order valence-electron chi connectivity index (χ0n) is 13.0. The third-order valence-corrected chi connectivity index (χ3v) is 4.05. The van der Waals surface area contributed by atoms with Crippen molar-refractivity contribution in [2.75, 3.05) is 20.3 Å². The van der Waals surface area contributed by atoms with Crippen LogP contribution in [0.25, 0.3) is 0 Å². The smallest absolute Gasteiger partial charge is 0.410 e. The highest BCUT2D eigenvalue weighted by atomic mass is 16.5. The lowest BCUT2D eigenvalue weighted by Gasteiger charge is -2.21. The molecule has 2 rings (SSSR count). The van der Waals surface area contributed by atoms with Crippen LogP contribution in [0.15, 0.2) is 11.6 Å². The number of rotatable bonds is 4. The van der Waals surface area contributed by atoms with E-state index in [2.05, 4.69) is 0 Å². The molecule has 0 N–H and O–H groups in total. The average molecular weight is 311 g/mol. The van der Waals surface area contributed by atoms with Gasteiger partial charge in [0.1, 0.15) is 5.92 Å². The lowest BCUT2D eigenvalue weighted by Crippen LogP contribution is -2.38. The molecule has 0 saturated carbocycles. The van der Waals surface area contributed by atoms with Crippen molar-refractivity contribution < 1.29 is 28.6 Å². The molecule has 0 aromatic heterocycles. The molecule has 0 aliphatic carbocycles. The predicted octanol–water partition coefficient (Wildman–Crippen LogP) is 1.27. The molecular formula is C15H21NO6. The summed E-state index contributed by atoms with van der Waals surface area (Å²) in [5.74, 6) is -1.55. The molecule has 0 aromatic carbocycles. The van der Waals surface area contributed by atoms with E-state index in [0.29, 0.717) is 18.4 Å². The fourth-order valence-electron chi connectivity index (χ4n) is 3.32. The predicted molar refractivity (Wildman–Crippen MR) is 75.9 cm³/mol. The lowest BCUT2D eigenvalue weighted by molar-refractivity contribution is -0.147. The average Bonchev–Trinajstić information content (AvgIpc) is 3.02. The largest absolute Gasteiger partial charge is 0.465 e. The van der Waals surface area contributed by atoms with Crippen molar-refractivity contribution >= 4 is 18.0 Å². The van der Waals surface area contributed by atoms with Crippen LogP contribution in [-0.2, 0) is 23.8 Å². The topological polar surface area (TPSA) is 82.1 Å². The van der Waals surface area contributed by atoms with Gasteiger partial charge in [0, 0.05) is 6.08 Å². The Bertz CT molecular complexity index is 500. The molecule has 0 spiro atoms. The first-order chi connectivity index (χ1) is 10.5. The van der Waals surface area contributed by atoms with Gasteiger partial charge in [0.25, 0.3) is 0 Å². The molecule has 3 atom stereocenters. The molecular weight excluding hydrogens is 290 g/mol. The van der Waals surface area contributed by atoms with E-state index in [9.17, 15) is 14.4 Å². The fraction of sp³-hybridized carbons (Fsp3) is 0.667. The first kappa shape index (κ1) is 16.3. The van der Waals surface area contributed by atoms with Gasteiger partial charge in [-0.3, -0.25) is 9.69 Å². The van der Waals surface area contributed by atoms with Crippen molar-refractivity contribution in [3.8, 4) is 0 Å². The van der Waals surface area contributed by atoms with E-state index in [4.69, 9.17) is 14.2 Å². The second-order valence-corrected chi connectivity index (χ2v) is 5.16. The molecule has 2 bridgehead atoms. The molecule has 2 heterocycles. The van der Waals surface area contributed by atoms with Crippen molar-refractivity contribution in [1.82, 2.24) is 4.90 Å². The molecule has 122 valence electrons. The highest BCUT2D eigenvalue weighted by Crippen LogP contribution is 2.46. The number of hydrogen-bond donors (Lipinski definition) is 0. The van der Waals surface area contributed by atoms with Gasteiger partial charge in [-0.25, -0.2) is 9.59 Å². The summed E-state index contributed by atoms with van der Waals surface area (Å²) in [6.07, 6.45) is 2.21. The summed E-state index contributed by atoms with van der Waals surface area (Å²) < 4.78 is 14.8. The van der Waals surface area contributed by atoms with Gasteiger partial charge in [-0.15, -0.1) is 0 Å². The second-order valence-electron chi connectivity index (χ2n) is 5.16. The van der Waals surface area contributed by atoms with Crippen LogP contribution in [0.5, 0.6) is 0 Å². The first-order valence-corrected chi connectivity index (χ1v) is 7.46. The minimum Gasteiger partial charge on any atom is -0.465 e. The molecule has 2 aliphatic heterocycles. The zero-order chi connectivity index (χ0) is 16.3. The van der Waals surface area contributed by atoms with Gasteiger partial charge in [0.15, 0.2) is 0 Å². The van der Waals surface area contributed by atoms with E-state index >= 15 is 0 Å². The molecule has 7 heteroatoms. The summed E-state index contributed by atoms with van der Waals surface area (Å²) in [4.78, 5) is 37.5. The number of carbonyl (C=O) groups is 3. The summed E-state index contributed by atoms with van der Waals surface area (Å²) in [7, 11) is 1.30. The van der Waals surface area contributed by atoms with Crippen LogP contribution in [-0.4, -0.2) is 55.3 Å². The fourth-order valence-corrected chi connectivity index (χ4v) is 3.32. The quantitative estimate of drug-likeness (QED) is 0.442. The molecule has 0 unspecified atom stereocenters. The van der Waals surface area contributed by atoms with Crippen LogP contribution in [0.1, 0.15) is 26.7 Å². The number of amides is 1. The van der Waals surface area contributed by atoms with E-state index in [0.717, 1.165) is 0 Å². The molecule has 2 fully saturated rings. The third kappa shape index (κ3) is 2.80. The first-order valence-electron chi connectivity index (χ1n) is 7.46. The van der Waals surface area contributed by atoms with E-state index < -0.39 is 23.9 Å². The van der Waals surface area contributed by atoms with Gasteiger partial charge >= 0.3 is 18.0 Å². The SMILES string of the molecule is CCOC(=O)C=C1[C@H](C(=O)OCC)[C@@H]2CC[C@H]1N2C(=O)OC. The number of fused-ring (bicyclic) bond motifs is 2. The molecule has 1 amide bonds. The van der Waals surface area contributed by atoms with Crippen molar-refractivity contribution in [2.24, 2.45) is 5.92 Å². The van der Waals surface area contributed by atoms with Gasteiger partial charge in [-0.05, 0) is 32.3 Å². The summed E-state index contributed by atoms with van der Waals surface area (Å²) in [6, 6.07) is -0.631. The Morgan fingerprint density at radius 2 is 1.86 bits per heavy atom. The van der Waals surface area contributed by atoms with Gasteiger partial charge in [-0.2, -0.15) is 0 Å². The third-order valence-electron chi connectivity index (χ3n) is 4.05. The number of carbonyl (C=O) groups excluding carboxylic acids is 3. The van der Waals surface area contributed by atoms with Crippen molar-refractivity contribution in [1.29, 1.82) is 0 Å². The van der Waals surface area contributed by atoms with E-state index in [-0.39, 0.29) is 25.3 Å². The highest BCUT2D eigenvalue weighted by molar-refractivity contribution is 5.88. The van der Waals surface area contributed by atoms with Crippen LogP contribution < -0.4 is 0 Å². The minimum atomic E-state index is -0.623. The molecule has 2 saturated heterocycles. The van der Waals surface area contributed by atoms with Crippen molar-refractivity contribution in [3.63, 3.8) is 0 Å². The normalized spacial score (nSPS) is 27.9. The maximum Gasteiger partial charge on any atom is 0.410 e. The minimum absolute atomic E-state index is 0.248. The second kappa shape index (κ2) is 6.81. The van der Waals surface area contributed by atoms with E-state index in [1.807, 2.05) is 0 Å². The Labute approximate surface area is 129 Å². The monoisotopic (exact) mass is 311 g/mol. The Kier molecular flexibility index (Phi) is 5.05. The Hall–Kier alpha value is -2.05. The number of methoxy groups -OCH3 is 1. The highest BCUT2D eigenvalue weighted by Gasteiger charge is 2.55. The summed E-state index contributed by atoms with van der Waals surface area (Å²) >= 11 is 0. The van der Waals surface area contributed by atoms with Gasteiger partial charge in [0.05, 0.1) is 32.4 Å². The molecule has 7 nitrogen and oxygen atoms in total. The number of nitrogens with zero attached hydrogens (tertiary/aromatic N) is 1. The van der Waals surface area contributed by atoms with Crippen molar-refractivity contribution in [2.45, 2.75) is 38.8 Å². The number of ether oxygens (including phenoxy) is 3. The Morgan fingerprint density at radius 3 is 2.45 bits per heavy atom. The van der Waals surface area contributed by atoms with E-state index in [1.165, 1.54) is 18.1 Å². The zero-order valence-corrected chi connectivity index (χ0v) is 13.0. The van der Waals surface area contributed by atoms with Gasteiger partial charge < -0.3 is 14.2 Å². The molecule has 0 radical (unpaired) electrons. The molecule has 2 aliphatic rings. The van der Waals surface area contributed by atoms with E-state index in [1.54, 1.807) is 13.8 Å². The standard InChI is InChI=1S/C15H21NO6/c1-4-21-12(17)8-9-10-6-7-11(16(10)15(19)20-3)13(9)14(18)22-5-2/h8,10-11,13H,4-7H2,1-3H3/t10-,11+,13+/m1/s1.